The lowest BCUT2D eigenvalue weighted by Gasteiger charge is -2.10. The van der Waals surface area contributed by atoms with Gasteiger partial charge in [0.05, 0.1) is 7.11 Å². The number of hydrogen-bond acceptors (Lipinski definition) is 4. The second-order valence-corrected chi connectivity index (χ2v) is 4.38. The maximum absolute atomic E-state index is 12.6. The van der Waals surface area contributed by atoms with Crippen LogP contribution in [0.4, 0.5) is 13.2 Å². The summed E-state index contributed by atoms with van der Waals surface area (Å²) in [7, 11) is 1.24. The Bertz CT molecular complexity index is 596. The second-order valence-electron chi connectivity index (χ2n) is 4.38. The number of carbonyl (C=O) groups excluding carboxylic acids is 2. The van der Waals surface area contributed by atoms with Crippen LogP contribution in [0, 0.1) is 0 Å². The largest absolute Gasteiger partial charge is 0.469 e. The van der Waals surface area contributed by atoms with Crippen molar-refractivity contribution in [3.8, 4) is 0 Å². The number of pyridine rings is 1. The monoisotopic (exact) mass is 320 g/mol. The van der Waals surface area contributed by atoms with E-state index in [4.69, 9.17) is 0 Å². The number of alkyl halides is 3. The summed E-state index contributed by atoms with van der Waals surface area (Å²) in [6.07, 6.45) is -3.22. The topological polar surface area (TPSA) is 77.4 Å². The molecule has 0 radical (unpaired) electrons. The zero-order valence-corrected chi connectivity index (χ0v) is 11.8. The van der Waals surface area contributed by atoms with Gasteiger partial charge < -0.3 is 14.6 Å². The predicted molar refractivity (Wildman–Crippen MR) is 70.0 cm³/mol. The van der Waals surface area contributed by atoms with Gasteiger partial charge in [-0.1, -0.05) is 0 Å². The molecular formula is C13H15F3N2O4. The van der Waals surface area contributed by atoms with Crippen LogP contribution in [0.5, 0.6) is 0 Å². The molecule has 0 aliphatic rings. The van der Waals surface area contributed by atoms with Gasteiger partial charge in [-0.2, -0.15) is 13.2 Å². The first-order chi connectivity index (χ1) is 10.3. The van der Waals surface area contributed by atoms with Crippen LogP contribution in [0.1, 0.15) is 18.4 Å². The fourth-order valence-corrected chi connectivity index (χ4v) is 1.65. The zero-order valence-electron chi connectivity index (χ0n) is 11.8. The Kier molecular flexibility index (Phi) is 6.14. The normalized spacial score (nSPS) is 11.1. The van der Waals surface area contributed by atoms with Crippen molar-refractivity contribution in [1.82, 2.24) is 9.88 Å². The molecule has 0 aliphatic heterocycles. The summed E-state index contributed by atoms with van der Waals surface area (Å²) in [5, 5.41) is 2.41. The summed E-state index contributed by atoms with van der Waals surface area (Å²) >= 11 is 0. The van der Waals surface area contributed by atoms with E-state index in [-0.39, 0.29) is 13.0 Å². The first kappa shape index (κ1) is 17.7. The molecule has 0 unspecified atom stereocenters. The summed E-state index contributed by atoms with van der Waals surface area (Å²) in [6, 6.07) is 1.71. The molecule has 9 heteroatoms. The molecule has 0 fully saturated rings. The van der Waals surface area contributed by atoms with E-state index in [1.165, 1.54) is 7.11 Å². The van der Waals surface area contributed by atoms with Gasteiger partial charge in [-0.15, -0.1) is 0 Å². The Hall–Kier alpha value is -2.32. The van der Waals surface area contributed by atoms with Crippen molar-refractivity contribution < 1.29 is 27.5 Å². The van der Waals surface area contributed by atoms with Gasteiger partial charge >= 0.3 is 12.1 Å². The van der Waals surface area contributed by atoms with E-state index >= 15 is 0 Å². The molecule has 1 N–H and O–H groups in total. The Morgan fingerprint density at radius 3 is 2.64 bits per heavy atom. The maximum Gasteiger partial charge on any atom is 0.421 e. The molecule has 0 aromatic carbocycles. The number of halogens is 3. The van der Waals surface area contributed by atoms with Crippen LogP contribution in [0.2, 0.25) is 0 Å². The number of methoxy groups -OCH3 is 1. The molecule has 1 aromatic heterocycles. The van der Waals surface area contributed by atoms with Crippen LogP contribution in [0.15, 0.2) is 23.1 Å². The lowest BCUT2D eigenvalue weighted by Crippen LogP contribution is -2.35. The summed E-state index contributed by atoms with van der Waals surface area (Å²) < 4.78 is 42.8. The first-order valence-corrected chi connectivity index (χ1v) is 6.36. The van der Waals surface area contributed by atoms with Crippen LogP contribution < -0.4 is 10.9 Å². The number of amides is 1. The number of ether oxygens (including phenoxy) is 1. The van der Waals surface area contributed by atoms with Crippen molar-refractivity contribution in [1.29, 1.82) is 0 Å². The van der Waals surface area contributed by atoms with Gasteiger partial charge in [-0.25, -0.2) is 0 Å². The van der Waals surface area contributed by atoms with E-state index in [1.807, 2.05) is 0 Å². The first-order valence-electron chi connectivity index (χ1n) is 6.36. The van der Waals surface area contributed by atoms with Gasteiger partial charge in [0.25, 0.3) is 5.56 Å². The Labute approximate surface area is 123 Å². The number of esters is 1. The minimum absolute atomic E-state index is 0.111. The van der Waals surface area contributed by atoms with Gasteiger partial charge in [0, 0.05) is 19.2 Å². The van der Waals surface area contributed by atoms with Crippen molar-refractivity contribution in [2.45, 2.75) is 25.6 Å². The van der Waals surface area contributed by atoms with Gasteiger partial charge in [0.1, 0.15) is 12.1 Å². The van der Waals surface area contributed by atoms with Crippen LogP contribution in [0.3, 0.4) is 0 Å². The molecular weight excluding hydrogens is 305 g/mol. The van der Waals surface area contributed by atoms with Crippen molar-refractivity contribution in [2.75, 3.05) is 13.7 Å². The third-order valence-electron chi connectivity index (χ3n) is 2.75. The minimum Gasteiger partial charge on any atom is -0.469 e. The standard InChI is InChI=1S/C13H15F3N2O4/c1-22-11(20)5-2-6-17-10(19)8-18-7-3-4-9(12(18)21)13(14,15)16/h3-4,7H,2,5-6,8H2,1H3,(H,17,19). The van der Waals surface area contributed by atoms with E-state index in [0.29, 0.717) is 17.1 Å². The Balaban J connectivity index is 2.59. The zero-order chi connectivity index (χ0) is 16.8. The molecule has 0 saturated heterocycles. The molecule has 0 saturated carbocycles. The lowest BCUT2D eigenvalue weighted by molar-refractivity contribution is -0.141. The average Bonchev–Trinajstić information content (AvgIpc) is 2.44. The predicted octanol–water partition coefficient (Wildman–Crippen LogP) is 0.936. The van der Waals surface area contributed by atoms with E-state index in [1.54, 1.807) is 0 Å². The summed E-state index contributed by atoms with van der Waals surface area (Å²) in [5.74, 6) is -1.05. The molecule has 0 atom stereocenters. The van der Waals surface area contributed by atoms with Crippen molar-refractivity contribution in [3.05, 3.63) is 34.2 Å². The second kappa shape index (κ2) is 7.62. The van der Waals surface area contributed by atoms with Gasteiger partial charge in [-0.05, 0) is 18.6 Å². The highest BCUT2D eigenvalue weighted by Crippen LogP contribution is 2.25. The van der Waals surface area contributed by atoms with E-state index in [9.17, 15) is 27.6 Å². The van der Waals surface area contributed by atoms with Gasteiger partial charge in [0.2, 0.25) is 5.91 Å². The molecule has 0 bridgehead atoms. The average molecular weight is 320 g/mol. The smallest absolute Gasteiger partial charge is 0.421 e. The number of carbonyl (C=O) groups is 2. The highest BCUT2D eigenvalue weighted by molar-refractivity contribution is 5.75. The lowest BCUT2D eigenvalue weighted by atomic mass is 10.2. The minimum atomic E-state index is -4.77. The van der Waals surface area contributed by atoms with Gasteiger partial charge in [0.15, 0.2) is 0 Å². The Morgan fingerprint density at radius 2 is 2.05 bits per heavy atom. The van der Waals surface area contributed by atoms with Crippen LogP contribution >= 0.6 is 0 Å². The molecule has 22 heavy (non-hydrogen) atoms. The Morgan fingerprint density at radius 1 is 1.36 bits per heavy atom. The maximum atomic E-state index is 12.6. The fourth-order valence-electron chi connectivity index (χ4n) is 1.65. The van der Waals surface area contributed by atoms with Crippen molar-refractivity contribution >= 4 is 11.9 Å². The van der Waals surface area contributed by atoms with Crippen LogP contribution in [-0.4, -0.2) is 30.1 Å². The number of nitrogens with one attached hydrogen (secondary N) is 1. The molecule has 1 amide bonds. The fraction of sp³-hybridized carbons (Fsp3) is 0.462. The summed E-state index contributed by atoms with van der Waals surface area (Å²) in [6.45, 7) is -0.372. The summed E-state index contributed by atoms with van der Waals surface area (Å²) in [4.78, 5) is 34.0. The van der Waals surface area contributed by atoms with E-state index in [2.05, 4.69) is 10.1 Å². The number of aromatic nitrogens is 1. The number of nitrogens with zero attached hydrogens (tertiary/aromatic N) is 1. The van der Waals surface area contributed by atoms with E-state index in [0.717, 1.165) is 12.3 Å². The molecule has 1 rings (SSSR count). The third kappa shape index (κ3) is 5.23. The third-order valence-corrected chi connectivity index (χ3v) is 2.75. The van der Waals surface area contributed by atoms with Crippen LogP contribution in [-0.2, 0) is 27.0 Å². The molecule has 1 aromatic rings. The van der Waals surface area contributed by atoms with Crippen molar-refractivity contribution in [3.63, 3.8) is 0 Å². The SMILES string of the molecule is COC(=O)CCCNC(=O)Cn1cccc(C(F)(F)F)c1=O. The number of hydrogen-bond donors (Lipinski definition) is 1. The van der Waals surface area contributed by atoms with E-state index < -0.39 is 35.7 Å². The van der Waals surface area contributed by atoms with Gasteiger partial charge in [-0.3, -0.25) is 14.4 Å². The molecule has 122 valence electrons. The molecule has 1 heterocycles. The quantitative estimate of drug-likeness (QED) is 0.625. The highest BCUT2D eigenvalue weighted by atomic mass is 19.4. The molecule has 0 aliphatic carbocycles. The molecule has 0 spiro atoms. The summed E-state index contributed by atoms with van der Waals surface area (Å²) in [5.41, 5.74) is -2.60. The van der Waals surface area contributed by atoms with Crippen molar-refractivity contribution in [2.24, 2.45) is 0 Å². The molecule has 6 nitrogen and oxygen atoms in total. The van der Waals surface area contributed by atoms with Crippen LogP contribution in [0.25, 0.3) is 0 Å². The number of rotatable bonds is 6. The highest BCUT2D eigenvalue weighted by Gasteiger charge is 2.34.